The van der Waals surface area contributed by atoms with Crippen LogP contribution in [0.4, 0.5) is 43.9 Å². The summed E-state index contributed by atoms with van der Waals surface area (Å²) in [5.41, 5.74) is -3.01. The maximum atomic E-state index is 14.2. The van der Waals surface area contributed by atoms with Gasteiger partial charge in [0.15, 0.2) is 11.6 Å². The first-order chi connectivity index (χ1) is 13.4. The maximum absolute atomic E-state index is 14.2. The minimum atomic E-state index is -7.08. The first-order valence-electron chi connectivity index (χ1n) is 7.07. The highest BCUT2D eigenvalue weighted by molar-refractivity contribution is 9.11. The molecule has 0 unspecified atom stereocenters. The predicted octanol–water partition coefficient (Wildman–Crippen LogP) is 6.86. The summed E-state index contributed by atoms with van der Waals surface area (Å²) in [4.78, 5) is -2.01. The summed E-state index contributed by atoms with van der Waals surface area (Å²) in [5, 5.41) is -6.80. The minimum absolute atomic E-state index is 0.125. The number of halogens is 12. The normalized spacial score (nSPS) is 13.6. The van der Waals surface area contributed by atoms with Gasteiger partial charge in [-0.05, 0) is 24.3 Å². The van der Waals surface area contributed by atoms with Gasteiger partial charge in [0.05, 0.1) is 10.5 Å². The van der Waals surface area contributed by atoms with Gasteiger partial charge in [-0.15, -0.1) is 0 Å². The number of rotatable bonds is 4. The molecular formula is C15H4Br2F10O2S. The van der Waals surface area contributed by atoms with Crippen LogP contribution in [0, 0.1) is 17.5 Å². The van der Waals surface area contributed by atoms with E-state index in [-0.39, 0.29) is 18.2 Å². The van der Waals surface area contributed by atoms with Crippen LogP contribution in [0.5, 0.6) is 0 Å². The highest BCUT2D eigenvalue weighted by atomic mass is 79.9. The molecule has 0 aromatic heterocycles. The summed E-state index contributed by atoms with van der Waals surface area (Å²) in [5.74, 6) is -12.7. The van der Waals surface area contributed by atoms with E-state index in [0.29, 0.717) is 0 Å². The van der Waals surface area contributed by atoms with Crippen molar-refractivity contribution in [1.82, 2.24) is 0 Å². The highest BCUT2D eigenvalue weighted by Crippen LogP contribution is 2.53. The van der Waals surface area contributed by atoms with E-state index < -0.39 is 69.6 Å². The number of hydrogen-bond donors (Lipinski definition) is 0. The van der Waals surface area contributed by atoms with Crippen LogP contribution in [-0.4, -0.2) is 25.8 Å². The molecule has 0 bridgehead atoms. The minimum Gasteiger partial charge on any atom is -0.217 e. The Labute approximate surface area is 178 Å². The predicted molar refractivity (Wildman–Crippen MR) is 90.3 cm³/mol. The maximum Gasteiger partial charge on any atom is 0.461 e. The van der Waals surface area contributed by atoms with Crippen LogP contribution in [0.15, 0.2) is 38.1 Å². The molecule has 2 aromatic rings. The van der Waals surface area contributed by atoms with E-state index in [9.17, 15) is 52.3 Å². The van der Waals surface area contributed by atoms with Gasteiger partial charge in [-0.3, -0.25) is 0 Å². The van der Waals surface area contributed by atoms with Gasteiger partial charge in [-0.1, -0.05) is 31.9 Å². The molecule has 0 aliphatic heterocycles. The fourth-order valence-corrected chi connectivity index (χ4v) is 5.43. The van der Waals surface area contributed by atoms with Crippen LogP contribution in [-0.2, 0) is 9.84 Å². The van der Waals surface area contributed by atoms with Crippen molar-refractivity contribution >= 4 is 41.7 Å². The Balaban J connectivity index is 2.99. The second kappa shape index (κ2) is 7.65. The lowest BCUT2D eigenvalue weighted by atomic mass is 10.0. The van der Waals surface area contributed by atoms with Crippen molar-refractivity contribution in [3.8, 4) is 11.1 Å². The summed E-state index contributed by atoms with van der Waals surface area (Å²) in [7, 11) is -6.97. The van der Waals surface area contributed by atoms with Crippen LogP contribution in [0.1, 0.15) is 0 Å². The molecule has 0 atom stereocenters. The standard InChI is InChI=1S/C15H4Br2F10O2S/c16-5-3-6(17)10(11-7(18)1-2-8(19)12(11)20)9(4-5)30(28,29)15(26,27)13(21,22)14(23,24)25/h1-4H. The summed E-state index contributed by atoms with van der Waals surface area (Å²) >= 11 is 5.18. The molecule has 0 N–H and O–H groups in total. The number of hydrogen-bond acceptors (Lipinski definition) is 2. The van der Waals surface area contributed by atoms with E-state index in [1.807, 2.05) is 0 Å². The Morgan fingerprint density at radius 1 is 0.767 bits per heavy atom. The van der Waals surface area contributed by atoms with Crippen molar-refractivity contribution in [2.75, 3.05) is 0 Å². The zero-order valence-electron chi connectivity index (χ0n) is 13.6. The zero-order chi connectivity index (χ0) is 23.4. The van der Waals surface area contributed by atoms with Crippen molar-refractivity contribution in [3.05, 3.63) is 50.7 Å². The first-order valence-corrected chi connectivity index (χ1v) is 10.1. The van der Waals surface area contributed by atoms with Crippen LogP contribution in [0.2, 0.25) is 0 Å². The quantitative estimate of drug-likeness (QED) is 0.285. The van der Waals surface area contributed by atoms with Gasteiger partial charge in [0.2, 0.25) is 0 Å². The lowest BCUT2D eigenvalue weighted by Crippen LogP contribution is -2.56. The Morgan fingerprint density at radius 3 is 1.77 bits per heavy atom. The molecule has 30 heavy (non-hydrogen) atoms. The molecule has 0 saturated carbocycles. The number of sulfone groups is 1. The van der Waals surface area contributed by atoms with Crippen LogP contribution < -0.4 is 0 Å². The molecule has 0 aliphatic rings. The van der Waals surface area contributed by atoms with Gasteiger partial charge < -0.3 is 0 Å². The molecule has 15 heteroatoms. The van der Waals surface area contributed by atoms with E-state index >= 15 is 0 Å². The highest BCUT2D eigenvalue weighted by Gasteiger charge is 2.78. The van der Waals surface area contributed by atoms with Crippen LogP contribution in [0.25, 0.3) is 11.1 Å². The van der Waals surface area contributed by atoms with Crippen molar-refractivity contribution in [2.24, 2.45) is 0 Å². The lowest BCUT2D eigenvalue weighted by Gasteiger charge is -2.28. The van der Waals surface area contributed by atoms with Gasteiger partial charge in [0, 0.05) is 14.5 Å². The van der Waals surface area contributed by atoms with Crippen molar-refractivity contribution in [1.29, 1.82) is 0 Å². The smallest absolute Gasteiger partial charge is 0.217 e. The largest absolute Gasteiger partial charge is 0.461 e. The van der Waals surface area contributed by atoms with Gasteiger partial charge in [-0.25, -0.2) is 21.6 Å². The molecule has 0 amide bonds. The third-order valence-electron chi connectivity index (χ3n) is 3.66. The lowest BCUT2D eigenvalue weighted by molar-refractivity contribution is -0.332. The molecule has 2 aromatic carbocycles. The molecular weight excluding hydrogens is 594 g/mol. The molecule has 166 valence electrons. The molecule has 0 heterocycles. The fourth-order valence-electron chi connectivity index (χ4n) is 2.23. The topological polar surface area (TPSA) is 34.1 Å². The van der Waals surface area contributed by atoms with E-state index in [1.54, 1.807) is 0 Å². The SMILES string of the molecule is O=S(=O)(c1cc(Br)cc(Br)c1-c1c(F)ccc(F)c1F)C(F)(F)C(F)(F)C(F)(F)F. The van der Waals surface area contributed by atoms with Gasteiger partial charge >= 0.3 is 17.4 Å². The zero-order valence-corrected chi connectivity index (χ0v) is 17.6. The van der Waals surface area contributed by atoms with Gasteiger partial charge in [-0.2, -0.15) is 30.7 Å². The van der Waals surface area contributed by atoms with Crippen molar-refractivity contribution < 1.29 is 52.3 Å². The second-order valence-electron chi connectivity index (χ2n) is 5.57. The molecule has 0 spiro atoms. The summed E-state index contributed by atoms with van der Waals surface area (Å²) in [6, 6.07) is 1.46. The molecule has 0 aliphatic carbocycles. The summed E-state index contributed by atoms with van der Waals surface area (Å²) in [6.45, 7) is 0. The van der Waals surface area contributed by atoms with Crippen molar-refractivity contribution in [2.45, 2.75) is 22.2 Å². The van der Waals surface area contributed by atoms with Crippen molar-refractivity contribution in [3.63, 3.8) is 0 Å². The monoisotopic (exact) mass is 596 g/mol. The van der Waals surface area contributed by atoms with Crippen LogP contribution in [0.3, 0.4) is 0 Å². The van der Waals surface area contributed by atoms with E-state index in [0.717, 1.165) is 6.07 Å². The Kier molecular flexibility index (Phi) is 6.36. The second-order valence-corrected chi connectivity index (χ2v) is 9.30. The summed E-state index contributed by atoms with van der Waals surface area (Å²) < 4.78 is 157. The number of alkyl halides is 7. The molecule has 0 fully saturated rings. The average molecular weight is 598 g/mol. The number of benzene rings is 2. The molecule has 0 radical (unpaired) electrons. The Bertz CT molecular complexity index is 1110. The van der Waals surface area contributed by atoms with Gasteiger partial charge in [0.25, 0.3) is 9.84 Å². The third kappa shape index (κ3) is 3.72. The average Bonchev–Trinajstić information content (AvgIpc) is 2.58. The van der Waals surface area contributed by atoms with E-state index in [1.165, 1.54) is 0 Å². The van der Waals surface area contributed by atoms with Crippen LogP contribution >= 0.6 is 31.9 Å². The molecule has 0 saturated heterocycles. The third-order valence-corrected chi connectivity index (χ3v) is 6.58. The molecule has 2 rings (SSSR count). The van der Waals surface area contributed by atoms with E-state index in [4.69, 9.17) is 0 Å². The summed E-state index contributed by atoms with van der Waals surface area (Å²) in [6.07, 6.45) is -7.00. The fraction of sp³-hybridized carbons (Fsp3) is 0.200. The van der Waals surface area contributed by atoms with E-state index in [2.05, 4.69) is 31.9 Å². The molecule has 2 nitrogen and oxygen atoms in total. The first kappa shape index (κ1) is 24.9. The Morgan fingerprint density at radius 2 is 1.27 bits per heavy atom. The van der Waals surface area contributed by atoms with Gasteiger partial charge in [0.1, 0.15) is 5.82 Å². The Hall–Kier alpha value is -1.35.